The van der Waals surface area contributed by atoms with Gasteiger partial charge in [0, 0.05) is 11.6 Å². The van der Waals surface area contributed by atoms with Gasteiger partial charge in [-0.2, -0.15) is 4.98 Å². The van der Waals surface area contributed by atoms with Crippen LogP contribution in [0.1, 0.15) is 32.2 Å². The highest BCUT2D eigenvalue weighted by Crippen LogP contribution is 2.31. The first-order valence-electron chi connectivity index (χ1n) is 10.4. The van der Waals surface area contributed by atoms with Crippen LogP contribution in [-0.2, 0) is 11.3 Å². The number of hydrogen-bond donors (Lipinski definition) is 0. The van der Waals surface area contributed by atoms with Gasteiger partial charge in [-0.1, -0.05) is 22.9 Å². The Hall–Kier alpha value is -3.55. The molecule has 0 aliphatic carbocycles. The summed E-state index contributed by atoms with van der Waals surface area (Å²) in [6.45, 7) is 7.78. The summed E-state index contributed by atoms with van der Waals surface area (Å²) >= 11 is 0. The molecule has 0 aliphatic rings. The number of ether oxygens (including phenoxy) is 3. The lowest BCUT2D eigenvalue weighted by Gasteiger charge is -2.28. The molecule has 0 aliphatic heterocycles. The van der Waals surface area contributed by atoms with Crippen molar-refractivity contribution in [1.29, 1.82) is 0 Å². The largest absolute Gasteiger partial charge is 0.493 e. The van der Waals surface area contributed by atoms with E-state index < -0.39 is 6.10 Å². The van der Waals surface area contributed by atoms with Crippen molar-refractivity contribution < 1.29 is 23.5 Å². The van der Waals surface area contributed by atoms with Gasteiger partial charge in [-0.3, -0.25) is 4.79 Å². The van der Waals surface area contributed by atoms with Crippen molar-refractivity contribution in [2.75, 3.05) is 14.2 Å². The van der Waals surface area contributed by atoms with Crippen LogP contribution in [-0.4, -0.2) is 47.3 Å². The Morgan fingerprint density at radius 2 is 1.72 bits per heavy atom. The molecule has 0 saturated heterocycles. The van der Waals surface area contributed by atoms with E-state index in [0.717, 1.165) is 11.1 Å². The van der Waals surface area contributed by atoms with Gasteiger partial charge in [0.2, 0.25) is 11.7 Å². The van der Waals surface area contributed by atoms with Crippen LogP contribution in [0.2, 0.25) is 0 Å². The van der Waals surface area contributed by atoms with Gasteiger partial charge in [0.15, 0.2) is 17.6 Å². The van der Waals surface area contributed by atoms with E-state index in [0.29, 0.717) is 29.0 Å². The zero-order chi connectivity index (χ0) is 23.3. The van der Waals surface area contributed by atoms with Crippen molar-refractivity contribution in [3.05, 3.63) is 53.9 Å². The molecule has 8 heteroatoms. The van der Waals surface area contributed by atoms with Crippen molar-refractivity contribution in [2.24, 2.45) is 0 Å². The molecule has 1 unspecified atom stereocenters. The zero-order valence-electron chi connectivity index (χ0n) is 19.3. The van der Waals surface area contributed by atoms with E-state index >= 15 is 0 Å². The maximum Gasteiger partial charge on any atom is 0.264 e. The number of rotatable bonds is 9. The number of amides is 1. The second-order valence-electron chi connectivity index (χ2n) is 7.71. The maximum atomic E-state index is 13.1. The van der Waals surface area contributed by atoms with Crippen LogP contribution in [0.4, 0.5) is 0 Å². The summed E-state index contributed by atoms with van der Waals surface area (Å²) in [5.74, 6) is 2.40. The Balaban J connectivity index is 1.73. The molecule has 0 saturated carbocycles. The molecule has 0 fully saturated rings. The molecule has 0 bridgehead atoms. The lowest BCUT2D eigenvalue weighted by molar-refractivity contribution is -0.140. The van der Waals surface area contributed by atoms with Crippen LogP contribution in [0.5, 0.6) is 17.2 Å². The standard InChI is InChI=1S/C24H29N3O5/c1-15(2)27(24(28)17(4)31-19-10-7-16(3)8-11-19)14-22-25-23(26-32-22)18-9-12-20(29-5)21(13-18)30-6/h7-13,15,17H,14H2,1-6H3. The minimum absolute atomic E-state index is 0.0806. The summed E-state index contributed by atoms with van der Waals surface area (Å²) < 4.78 is 21.9. The highest BCUT2D eigenvalue weighted by Gasteiger charge is 2.26. The Labute approximate surface area is 188 Å². The first kappa shape index (κ1) is 23.1. The van der Waals surface area contributed by atoms with Gasteiger partial charge in [-0.05, 0) is 58.0 Å². The minimum Gasteiger partial charge on any atom is -0.493 e. The highest BCUT2D eigenvalue weighted by molar-refractivity contribution is 5.81. The summed E-state index contributed by atoms with van der Waals surface area (Å²) in [6, 6.07) is 12.9. The first-order chi connectivity index (χ1) is 15.3. The fourth-order valence-corrected chi connectivity index (χ4v) is 3.18. The molecular weight excluding hydrogens is 410 g/mol. The molecule has 3 rings (SSSR count). The van der Waals surface area contributed by atoms with E-state index in [4.69, 9.17) is 18.7 Å². The lowest BCUT2D eigenvalue weighted by atomic mass is 10.2. The number of aromatic nitrogens is 2. The Morgan fingerprint density at radius 1 is 1.03 bits per heavy atom. The first-order valence-corrected chi connectivity index (χ1v) is 10.4. The van der Waals surface area contributed by atoms with E-state index in [9.17, 15) is 4.79 Å². The average molecular weight is 440 g/mol. The van der Waals surface area contributed by atoms with Crippen molar-refractivity contribution in [3.63, 3.8) is 0 Å². The third kappa shape index (κ3) is 5.38. The van der Waals surface area contributed by atoms with Crippen molar-refractivity contribution in [1.82, 2.24) is 15.0 Å². The molecule has 1 heterocycles. The van der Waals surface area contributed by atoms with Crippen LogP contribution in [0.25, 0.3) is 11.4 Å². The molecular formula is C24H29N3O5. The van der Waals surface area contributed by atoms with Gasteiger partial charge in [-0.25, -0.2) is 0 Å². The molecule has 1 aromatic heterocycles. The van der Waals surface area contributed by atoms with Crippen molar-refractivity contribution in [3.8, 4) is 28.6 Å². The normalized spacial score (nSPS) is 11.8. The van der Waals surface area contributed by atoms with Crippen LogP contribution in [0.3, 0.4) is 0 Å². The fourth-order valence-electron chi connectivity index (χ4n) is 3.18. The molecule has 8 nitrogen and oxygen atoms in total. The number of carbonyl (C=O) groups is 1. The summed E-state index contributed by atoms with van der Waals surface area (Å²) in [4.78, 5) is 19.2. The fraction of sp³-hybridized carbons (Fsp3) is 0.375. The van der Waals surface area contributed by atoms with E-state index in [1.165, 1.54) is 0 Å². The second-order valence-corrected chi connectivity index (χ2v) is 7.71. The molecule has 1 amide bonds. The Morgan fingerprint density at radius 3 is 2.34 bits per heavy atom. The van der Waals surface area contributed by atoms with Crippen molar-refractivity contribution >= 4 is 5.91 Å². The third-order valence-corrected chi connectivity index (χ3v) is 5.00. The predicted molar refractivity (Wildman–Crippen MR) is 120 cm³/mol. The quantitative estimate of drug-likeness (QED) is 0.492. The molecule has 32 heavy (non-hydrogen) atoms. The van der Waals surface area contributed by atoms with Gasteiger partial charge in [-0.15, -0.1) is 0 Å². The van der Waals surface area contributed by atoms with E-state index in [2.05, 4.69) is 10.1 Å². The number of nitrogens with zero attached hydrogens (tertiary/aromatic N) is 3. The topological polar surface area (TPSA) is 86.9 Å². The molecule has 0 N–H and O–H groups in total. The van der Waals surface area contributed by atoms with Gasteiger partial charge < -0.3 is 23.6 Å². The summed E-state index contributed by atoms with van der Waals surface area (Å²) in [6.07, 6.45) is -0.659. The Bertz CT molecular complexity index is 1050. The van der Waals surface area contributed by atoms with E-state index in [1.807, 2.05) is 51.1 Å². The smallest absolute Gasteiger partial charge is 0.264 e. The highest BCUT2D eigenvalue weighted by atomic mass is 16.5. The number of carbonyl (C=O) groups excluding carboxylic acids is 1. The summed E-state index contributed by atoms with van der Waals surface area (Å²) in [5, 5.41) is 4.06. The van der Waals surface area contributed by atoms with Crippen LogP contribution in [0.15, 0.2) is 47.0 Å². The number of benzene rings is 2. The molecule has 0 radical (unpaired) electrons. The van der Waals surface area contributed by atoms with Crippen LogP contribution < -0.4 is 14.2 Å². The van der Waals surface area contributed by atoms with Crippen LogP contribution >= 0.6 is 0 Å². The summed E-state index contributed by atoms with van der Waals surface area (Å²) in [5.41, 5.74) is 1.85. The van der Waals surface area contributed by atoms with Crippen LogP contribution in [0, 0.1) is 6.92 Å². The third-order valence-electron chi connectivity index (χ3n) is 5.00. The molecule has 170 valence electrons. The zero-order valence-corrected chi connectivity index (χ0v) is 19.3. The molecule has 3 aromatic rings. The maximum absolute atomic E-state index is 13.1. The second kappa shape index (κ2) is 10.2. The minimum atomic E-state index is -0.659. The summed E-state index contributed by atoms with van der Waals surface area (Å²) in [7, 11) is 3.14. The van der Waals surface area contributed by atoms with E-state index in [1.54, 1.807) is 38.2 Å². The lowest BCUT2D eigenvalue weighted by Crippen LogP contribution is -2.43. The van der Waals surface area contributed by atoms with Gasteiger partial charge in [0.05, 0.1) is 14.2 Å². The number of methoxy groups -OCH3 is 2. The molecule has 0 spiro atoms. The van der Waals surface area contributed by atoms with Gasteiger partial charge in [0.1, 0.15) is 12.3 Å². The van der Waals surface area contributed by atoms with Gasteiger partial charge in [0.25, 0.3) is 5.91 Å². The monoisotopic (exact) mass is 439 g/mol. The average Bonchev–Trinajstić information content (AvgIpc) is 3.26. The number of hydrogen-bond acceptors (Lipinski definition) is 7. The number of aryl methyl sites for hydroxylation is 1. The van der Waals surface area contributed by atoms with Crippen molar-refractivity contribution in [2.45, 2.75) is 46.4 Å². The predicted octanol–water partition coefficient (Wildman–Crippen LogP) is 4.27. The molecule has 2 aromatic carbocycles. The van der Waals surface area contributed by atoms with E-state index in [-0.39, 0.29) is 18.5 Å². The molecule has 1 atom stereocenters. The SMILES string of the molecule is COc1ccc(-c2noc(CN(C(=O)C(C)Oc3ccc(C)cc3)C(C)C)n2)cc1OC. The van der Waals surface area contributed by atoms with Gasteiger partial charge >= 0.3 is 0 Å². The Kier molecular flexibility index (Phi) is 7.35.